The van der Waals surface area contributed by atoms with Crippen LogP contribution in [0, 0.1) is 0 Å². The Hall–Kier alpha value is -0.0800. The van der Waals surface area contributed by atoms with Gasteiger partial charge < -0.3 is 10.6 Å². The highest BCUT2D eigenvalue weighted by Crippen LogP contribution is 2.30. The van der Waals surface area contributed by atoms with E-state index in [2.05, 4.69) is 17.6 Å². The highest BCUT2D eigenvalue weighted by Gasteiger charge is 2.39. The van der Waals surface area contributed by atoms with E-state index in [0.29, 0.717) is 5.54 Å². The molecule has 2 atom stereocenters. The lowest BCUT2D eigenvalue weighted by molar-refractivity contribution is 0.131. The Bertz CT molecular complexity index is 131. The van der Waals surface area contributed by atoms with Crippen LogP contribution in [-0.2, 0) is 0 Å². The first-order chi connectivity index (χ1) is 7.81. The van der Waals surface area contributed by atoms with E-state index in [1.807, 2.05) is 41.5 Å². The molecule has 2 rings (SSSR count). The third-order valence-electron chi connectivity index (χ3n) is 2.90. The van der Waals surface area contributed by atoms with Crippen LogP contribution in [0.3, 0.4) is 0 Å². The van der Waals surface area contributed by atoms with Crippen molar-refractivity contribution in [2.45, 2.75) is 79.3 Å². The van der Waals surface area contributed by atoms with Gasteiger partial charge in [-0.05, 0) is 39.3 Å². The number of piperidine rings is 1. The Morgan fingerprint density at radius 2 is 1.38 bits per heavy atom. The average Bonchev–Trinajstić information content (AvgIpc) is 2.35. The summed E-state index contributed by atoms with van der Waals surface area (Å²) >= 11 is 0. The molecule has 2 unspecified atom stereocenters. The van der Waals surface area contributed by atoms with Gasteiger partial charge in [-0.1, -0.05) is 41.5 Å². The molecule has 0 saturated carbocycles. The highest BCUT2D eigenvalue weighted by atomic mass is 15.1. The molecule has 0 aromatic carbocycles. The molecule has 0 aromatic heterocycles. The van der Waals surface area contributed by atoms with E-state index in [-0.39, 0.29) is 0 Å². The molecule has 2 fully saturated rings. The number of hydrogen-bond acceptors (Lipinski definition) is 2. The topological polar surface area (TPSA) is 24.1 Å². The summed E-state index contributed by atoms with van der Waals surface area (Å²) in [6, 6.07) is 0.724. The summed E-state index contributed by atoms with van der Waals surface area (Å²) in [6.45, 7) is 16.7. The first-order valence-electron chi connectivity index (χ1n) is 7.29. The maximum atomic E-state index is 3.55. The van der Waals surface area contributed by atoms with Gasteiger partial charge in [0.05, 0.1) is 0 Å². The predicted molar refractivity (Wildman–Crippen MR) is 76.1 cm³/mol. The van der Waals surface area contributed by atoms with Gasteiger partial charge >= 0.3 is 0 Å². The molecule has 16 heavy (non-hydrogen) atoms. The summed E-state index contributed by atoms with van der Waals surface area (Å²) in [7, 11) is 0. The maximum absolute atomic E-state index is 3.55. The number of nitrogens with one attached hydrogen (secondary N) is 2. The normalized spacial score (nSPS) is 30.6. The summed E-state index contributed by atoms with van der Waals surface area (Å²) in [5.74, 6) is 0. The molecule has 0 radical (unpaired) electrons. The van der Waals surface area contributed by atoms with E-state index >= 15 is 0 Å². The van der Waals surface area contributed by atoms with Crippen molar-refractivity contribution in [1.82, 2.24) is 10.6 Å². The van der Waals surface area contributed by atoms with Crippen molar-refractivity contribution in [1.29, 1.82) is 0 Å². The van der Waals surface area contributed by atoms with Gasteiger partial charge in [0.15, 0.2) is 0 Å². The Kier molecular flexibility index (Phi) is 13.0. The first kappa shape index (κ1) is 18.3. The van der Waals surface area contributed by atoms with E-state index in [9.17, 15) is 0 Å². The molecule has 2 aliphatic rings. The van der Waals surface area contributed by atoms with Gasteiger partial charge in [0.2, 0.25) is 0 Å². The molecule has 0 bridgehead atoms. The Labute approximate surface area is 104 Å². The number of rotatable bonds is 0. The lowest BCUT2D eigenvalue weighted by Crippen LogP contribution is -2.63. The van der Waals surface area contributed by atoms with E-state index in [1.165, 1.54) is 32.4 Å². The van der Waals surface area contributed by atoms with Gasteiger partial charge in [0, 0.05) is 11.6 Å². The van der Waals surface area contributed by atoms with Crippen LogP contribution in [0.15, 0.2) is 0 Å². The van der Waals surface area contributed by atoms with Crippen molar-refractivity contribution in [3.63, 3.8) is 0 Å². The van der Waals surface area contributed by atoms with Crippen molar-refractivity contribution >= 4 is 0 Å². The fourth-order valence-electron chi connectivity index (χ4n) is 2.18. The van der Waals surface area contributed by atoms with Gasteiger partial charge in [0.25, 0.3) is 0 Å². The van der Waals surface area contributed by atoms with E-state index in [4.69, 9.17) is 0 Å². The zero-order chi connectivity index (χ0) is 13.0. The van der Waals surface area contributed by atoms with Crippen LogP contribution in [-0.4, -0.2) is 24.7 Å². The van der Waals surface area contributed by atoms with Gasteiger partial charge in [0.1, 0.15) is 0 Å². The quantitative estimate of drug-likeness (QED) is 0.665. The maximum Gasteiger partial charge on any atom is 0.0220 e. The lowest BCUT2D eigenvalue weighted by Gasteiger charge is -2.48. The summed E-state index contributed by atoms with van der Waals surface area (Å²) in [4.78, 5) is 0. The largest absolute Gasteiger partial charge is 0.314 e. The Balaban J connectivity index is 0. The zero-order valence-corrected chi connectivity index (χ0v) is 12.6. The number of hydrogen-bond donors (Lipinski definition) is 2. The van der Waals surface area contributed by atoms with Crippen molar-refractivity contribution in [2.24, 2.45) is 0 Å². The minimum Gasteiger partial charge on any atom is -0.314 e. The fourth-order valence-corrected chi connectivity index (χ4v) is 2.18. The smallest absolute Gasteiger partial charge is 0.0220 e. The zero-order valence-electron chi connectivity index (χ0n) is 12.6. The second-order valence-electron chi connectivity index (χ2n) is 3.77. The molecule has 2 N–H and O–H groups in total. The minimum atomic E-state index is 0.560. The van der Waals surface area contributed by atoms with Crippen molar-refractivity contribution in [3.8, 4) is 0 Å². The van der Waals surface area contributed by atoms with E-state index in [0.717, 1.165) is 6.04 Å². The first-order valence-corrected chi connectivity index (χ1v) is 7.29. The van der Waals surface area contributed by atoms with Crippen LogP contribution in [0.1, 0.15) is 67.7 Å². The van der Waals surface area contributed by atoms with Crippen LogP contribution in [0.25, 0.3) is 0 Å². The molecule has 2 heterocycles. The molecular formula is C14H34N2. The Morgan fingerprint density at radius 1 is 0.875 bits per heavy atom. The van der Waals surface area contributed by atoms with Crippen molar-refractivity contribution < 1.29 is 0 Å². The molecule has 0 amide bonds. The molecule has 100 valence electrons. The molecule has 1 spiro atoms. The van der Waals surface area contributed by atoms with Crippen molar-refractivity contribution in [2.75, 3.05) is 13.1 Å². The fraction of sp³-hybridized carbons (Fsp3) is 1.00. The van der Waals surface area contributed by atoms with Crippen molar-refractivity contribution in [3.05, 3.63) is 0 Å². The lowest BCUT2D eigenvalue weighted by atomic mass is 9.77. The van der Waals surface area contributed by atoms with Crippen LogP contribution in [0.2, 0.25) is 0 Å². The van der Waals surface area contributed by atoms with Crippen LogP contribution >= 0.6 is 0 Å². The summed E-state index contributed by atoms with van der Waals surface area (Å²) in [5, 5.41) is 7.02. The minimum absolute atomic E-state index is 0.560. The Morgan fingerprint density at radius 3 is 1.62 bits per heavy atom. The van der Waals surface area contributed by atoms with Gasteiger partial charge in [-0.25, -0.2) is 0 Å². The molecule has 2 heteroatoms. The third-order valence-corrected chi connectivity index (χ3v) is 2.90. The van der Waals surface area contributed by atoms with Gasteiger partial charge in [-0.15, -0.1) is 0 Å². The second kappa shape index (κ2) is 11.4. The monoisotopic (exact) mass is 230 g/mol. The molecule has 2 saturated heterocycles. The summed E-state index contributed by atoms with van der Waals surface area (Å²) < 4.78 is 0. The SMILES string of the molecule is CC.CC.CC.CC1CC2(CCN1)CCN2. The molecule has 0 aromatic rings. The molecule has 0 aliphatic carbocycles. The van der Waals surface area contributed by atoms with Gasteiger partial charge in [-0.3, -0.25) is 0 Å². The standard InChI is InChI=1S/C8H16N2.3C2H6/c1-7-6-8(2-4-9-7)3-5-10-8;3*1-2/h7,9-10H,2-6H2,1H3;3*1-2H3. The summed E-state index contributed by atoms with van der Waals surface area (Å²) in [6.07, 6.45) is 4.06. The van der Waals surface area contributed by atoms with Crippen LogP contribution in [0.4, 0.5) is 0 Å². The second-order valence-corrected chi connectivity index (χ2v) is 3.77. The van der Waals surface area contributed by atoms with Crippen LogP contribution < -0.4 is 10.6 Å². The van der Waals surface area contributed by atoms with Crippen LogP contribution in [0.5, 0.6) is 0 Å². The average molecular weight is 230 g/mol. The summed E-state index contributed by atoms with van der Waals surface area (Å²) in [5.41, 5.74) is 0.560. The van der Waals surface area contributed by atoms with E-state index < -0.39 is 0 Å². The third kappa shape index (κ3) is 5.86. The molecule has 2 nitrogen and oxygen atoms in total. The molecular weight excluding hydrogens is 196 g/mol. The van der Waals surface area contributed by atoms with Gasteiger partial charge in [-0.2, -0.15) is 0 Å². The predicted octanol–water partition coefficient (Wildman–Crippen LogP) is 3.57. The molecule has 2 aliphatic heterocycles. The highest BCUT2D eigenvalue weighted by molar-refractivity contribution is 5.01. The van der Waals surface area contributed by atoms with E-state index in [1.54, 1.807) is 0 Å².